The molecule has 1 aliphatic rings. The van der Waals surface area contributed by atoms with Gasteiger partial charge in [0, 0.05) is 20.1 Å². The van der Waals surface area contributed by atoms with Crippen molar-refractivity contribution in [3.05, 3.63) is 120 Å². The third-order valence-electron chi connectivity index (χ3n) is 7.63. The third-order valence-corrected chi connectivity index (χ3v) is 7.89. The van der Waals surface area contributed by atoms with E-state index in [4.69, 9.17) is 12.2 Å². The summed E-state index contributed by atoms with van der Waals surface area (Å²) in [5, 5.41) is 9.92. The van der Waals surface area contributed by atoms with Crippen molar-refractivity contribution in [1.82, 2.24) is 20.4 Å². The Balaban J connectivity index is 1.17. The number of hydrogen-bond donors (Lipinski definition) is 2. The van der Waals surface area contributed by atoms with Gasteiger partial charge in [-0.25, -0.2) is 4.79 Å². The zero-order valence-corrected chi connectivity index (χ0v) is 23.4. The molecule has 0 aliphatic carbocycles. The van der Waals surface area contributed by atoms with Crippen molar-refractivity contribution in [2.45, 2.75) is 37.9 Å². The number of likely N-dealkylation sites (N-methyl/N-ethyl adjacent to an activating group) is 1. The first kappa shape index (κ1) is 26.7. The zero-order valence-electron chi connectivity index (χ0n) is 22.6. The molecule has 1 saturated heterocycles. The molecule has 5 nitrogen and oxygen atoms in total. The van der Waals surface area contributed by atoms with Gasteiger partial charge >= 0.3 is 6.03 Å². The smallest absolute Gasteiger partial charge is 0.320 e. The summed E-state index contributed by atoms with van der Waals surface area (Å²) >= 11 is 5.60. The number of nitrogens with zero attached hydrogens (tertiary/aromatic N) is 2. The second-order valence-electron chi connectivity index (χ2n) is 10.2. The van der Waals surface area contributed by atoms with Crippen LogP contribution in [-0.2, 0) is 0 Å². The van der Waals surface area contributed by atoms with Crippen LogP contribution in [0.15, 0.2) is 103 Å². The maximum Gasteiger partial charge on any atom is 0.320 e. The van der Waals surface area contributed by atoms with Crippen LogP contribution in [0.25, 0.3) is 10.8 Å². The highest BCUT2D eigenvalue weighted by Gasteiger charge is 2.44. The van der Waals surface area contributed by atoms with Crippen LogP contribution in [0, 0.1) is 0 Å². The molecule has 1 unspecified atom stereocenters. The lowest BCUT2D eigenvalue weighted by molar-refractivity contribution is 0.190. The fourth-order valence-corrected chi connectivity index (χ4v) is 5.97. The number of benzene rings is 4. The summed E-state index contributed by atoms with van der Waals surface area (Å²) in [4.78, 5) is 17.3. The van der Waals surface area contributed by atoms with Crippen molar-refractivity contribution in [3.63, 3.8) is 0 Å². The molecule has 1 heterocycles. The average Bonchev–Trinajstić information content (AvgIpc) is 3.22. The first-order valence-corrected chi connectivity index (χ1v) is 14.1. The minimum Gasteiger partial charge on any atom is -0.363 e. The van der Waals surface area contributed by atoms with Gasteiger partial charge in [0.1, 0.15) is 0 Å². The Morgan fingerprint density at radius 2 is 1.44 bits per heavy atom. The minimum atomic E-state index is -0.0247. The molecule has 1 aliphatic heterocycles. The van der Waals surface area contributed by atoms with Crippen LogP contribution in [0.5, 0.6) is 0 Å². The van der Waals surface area contributed by atoms with Crippen LogP contribution in [-0.4, -0.2) is 41.1 Å². The van der Waals surface area contributed by atoms with Gasteiger partial charge in [-0.05, 0) is 59.4 Å². The van der Waals surface area contributed by atoms with Crippen molar-refractivity contribution in [3.8, 4) is 0 Å². The summed E-state index contributed by atoms with van der Waals surface area (Å²) in [5.74, 6) is 0. The predicted molar refractivity (Wildman–Crippen MR) is 164 cm³/mol. The number of thiocarbonyl (C=S) groups is 1. The molecule has 4 aromatic rings. The second kappa shape index (κ2) is 12.3. The topological polar surface area (TPSA) is 47.6 Å². The van der Waals surface area contributed by atoms with E-state index in [1.165, 1.54) is 16.3 Å². The molecule has 39 heavy (non-hydrogen) atoms. The van der Waals surface area contributed by atoms with Crippen molar-refractivity contribution < 1.29 is 4.79 Å². The molecule has 4 aromatic carbocycles. The molecule has 3 atom stereocenters. The van der Waals surface area contributed by atoms with E-state index in [2.05, 4.69) is 96.4 Å². The monoisotopic (exact) mass is 536 g/mol. The molecular weight excluding hydrogens is 500 g/mol. The Bertz CT molecular complexity index is 1410. The van der Waals surface area contributed by atoms with E-state index in [0.29, 0.717) is 11.7 Å². The summed E-state index contributed by atoms with van der Waals surface area (Å²) in [7, 11) is 1.92. The largest absolute Gasteiger partial charge is 0.363 e. The molecule has 0 bridgehead atoms. The van der Waals surface area contributed by atoms with Crippen LogP contribution >= 0.6 is 12.2 Å². The van der Waals surface area contributed by atoms with Crippen LogP contribution in [0.1, 0.15) is 54.6 Å². The van der Waals surface area contributed by atoms with Crippen molar-refractivity contribution in [2.75, 3.05) is 20.1 Å². The molecule has 2 amide bonds. The Morgan fingerprint density at radius 1 is 0.821 bits per heavy atom. The Labute approximate surface area is 236 Å². The van der Waals surface area contributed by atoms with Crippen LogP contribution in [0.2, 0.25) is 0 Å². The third kappa shape index (κ3) is 5.91. The van der Waals surface area contributed by atoms with Gasteiger partial charge in [-0.2, -0.15) is 0 Å². The molecule has 0 aromatic heterocycles. The van der Waals surface area contributed by atoms with Gasteiger partial charge in [0.25, 0.3) is 0 Å². The molecule has 1 fully saturated rings. The number of fused-ring (bicyclic) bond motifs is 1. The average molecular weight is 537 g/mol. The van der Waals surface area contributed by atoms with Gasteiger partial charge in [-0.1, -0.05) is 103 Å². The van der Waals surface area contributed by atoms with Crippen molar-refractivity contribution in [1.29, 1.82) is 0 Å². The Kier molecular flexibility index (Phi) is 8.42. The van der Waals surface area contributed by atoms with E-state index >= 15 is 0 Å². The number of amides is 2. The maximum absolute atomic E-state index is 13.4. The second-order valence-corrected chi connectivity index (χ2v) is 10.6. The van der Waals surface area contributed by atoms with Crippen LogP contribution in [0.3, 0.4) is 0 Å². The molecule has 200 valence electrons. The Hall–Kier alpha value is -3.90. The fraction of sp³-hybridized carbons (Fsp3) is 0.273. The standard InChI is InChI=1S/C33H36N4OS/c1-24(28-21-13-19-25-14-9-10-20-29(25)28)35-32(39)34-22-11-12-23-37-31(27-17-7-4-8-18-27)30(36(2)33(37)38)26-15-5-3-6-16-26/h3-10,13-21,24,30-31H,11-12,22-23H2,1-2H3,(H2,34,35,39)/t24?,30-,31-/m0/s1. The minimum absolute atomic E-state index is 0.0217. The predicted octanol–water partition coefficient (Wildman–Crippen LogP) is 7.00. The Morgan fingerprint density at radius 3 is 2.15 bits per heavy atom. The molecule has 0 radical (unpaired) electrons. The van der Waals surface area contributed by atoms with Gasteiger partial charge in [0.15, 0.2) is 5.11 Å². The van der Waals surface area contributed by atoms with E-state index in [0.717, 1.165) is 30.5 Å². The molecule has 0 saturated carbocycles. The highest BCUT2D eigenvalue weighted by molar-refractivity contribution is 7.80. The van der Waals surface area contributed by atoms with Gasteiger partial charge < -0.3 is 20.4 Å². The van der Waals surface area contributed by atoms with Crippen LogP contribution in [0.4, 0.5) is 4.79 Å². The van der Waals surface area contributed by atoms with E-state index in [1.807, 2.05) is 41.1 Å². The lowest BCUT2D eigenvalue weighted by Crippen LogP contribution is -2.37. The molecule has 0 spiro atoms. The first-order valence-electron chi connectivity index (χ1n) is 13.7. The van der Waals surface area contributed by atoms with Gasteiger partial charge in [0.05, 0.1) is 18.1 Å². The summed E-state index contributed by atoms with van der Waals surface area (Å²) < 4.78 is 0. The van der Waals surface area contributed by atoms with E-state index in [9.17, 15) is 4.79 Å². The number of urea groups is 1. The van der Waals surface area contributed by atoms with Gasteiger partial charge in [-0.15, -0.1) is 0 Å². The van der Waals surface area contributed by atoms with Crippen molar-refractivity contribution in [2.24, 2.45) is 0 Å². The summed E-state index contributed by atoms with van der Waals surface area (Å²) in [6.45, 7) is 3.59. The number of hydrogen-bond acceptors (Lipinski definition) is 2. The summed E-state index contributed by atoms with van der Waals surface area (Å²) in [6.07, 6.45) is 1.80. The number of carbonyl (C=O) groups excluding carboxylic acids is 1. The molecule has 6 heteroatoms. The number of rotatable bonds is 9. The van der Waals surface area contributed by atoms with Gasteiger partial charge in [-0.3, -0.25) is 0 Å². The first-order chi connectivity index (χ1) is 19.0. The molecule has 2 N–H and O–H groups in total. The number of unbranched alkanes of at least 4 members (excludes halogenated alkanes) is 1. The lowest BCUT2D eigenvalue weighted by atomic mass is 9.93. The maximum atomic E-state index is 13.4. The molecule has 5 rings (SSSR count). The highest BCUT2D eigenvalue weighted by Crippen LogP contribution is 2.44. The van der Waals surface area contributed by atoms with E-state index in [1.54, 1.807) is 0 Å². The quantitative estimate of drug-likeness (QED) is 0.179. The van der Waals surface area contributed by atoms with Crippen molar-refractivity contribution >= 4 is 34.1 Å². The van der Waals surface area contributed by atoms with E-state index < -0.39 is 0 Å². The summed E-state index contributed by atoms with van der Waals surface area (Å²) in [6, 6.07) is 35.6. The number of carbonyl (C=O) groups is 1. The zero-order chi connectivity index (χ0) is 27.2. The van der Waals surface area contributed by atoms with E-state index in [-0.39, 0.29) is 24.2 Å². The van der Waals surface area contributed by atoms with Crippen LogP contribution < -0.4 is 10.6 Å². The SMILES string of the molecule is CC(NC(=S)NCCCCN1C(=O)N(C)[C@@H](c2ccccc2)[C@@H]1c1ccccc1)c1cccc2ccccc12. The fourth-order valence-electron chi connectivity index (χ4n) is 5.69. The number of nitrogens with one attached hydrogen (secondary N) is 2. The normalized spacial score (nSPS) is 17.8. The highest BCUT2D eigenvalue weighted by atomic mass is 32.1. The molecular formula is C33H36N4OS. The van der Waals surface area contributed by atoms with Gasteiger partial charge in [0.2, 0.25) is 0 Å². The summed E-state index contributed by atoms with van der Waals surface area (Å²) in [5.41, 5.74) is 3.55. The lowest BCUT2D eigenvalue weighted by Gasteiger charge is -2.28.